The molecular weight excluding hydrogens is 650 g/mol. The van der Waals surface area contributed by atoms with Crippen molar-refractivity contribution in [2.45, 2.75) is 72.9 Å². The fourth-order valence-corrected chi connectivity index (χ4v) is 5.27. The minimum Gasteiger partial charge on any atom is -0.443 e. The molecule has 0 bridgehead atoms. The van der Waals surface area contributed by atoms with Gasteiger partial charge in [-0.2, -0.15) is 9.78 Å². The van der Waals surface area contributed by atoms with Gasteiger partial charge in [-0.15, -0.1) is 0 Å². The highest BCUT2D eigenvalue weighted by Gasteiger charge is 2.32. The number of nitrogens with zero attached hydrogens (tertiary/aromatic N) is 6. The van der Waals surface area contributed by atoms with Gasteiger partial charge < -0.3 is 19.5 Å². The molecule has 0 atom stereocenters. The van der Waals surface area contributed by atoms with Crippen molar-refractivity contribution in [1.29, 1.82) is 0 Å². The summed E-state index contributed by atoms with van der Waals surface area (Å²) in [4.78, 5) is 54.7. The van der Waals surface area contributed by atoms with Crippen LogP contribution in [0.1, 0.15) is 68.7 Å². The van der Waals surface area contributed by atoms with Crippen LogP contribution in [0.25, 0.3) is 22.5 Å². The first-order chi connectivity index (χ1) is 24.1. The zero-order chi connectivity index (χ0) is 36.5. The Kier molecular flexibility index (Phi) is 9.41. The normalized spacial score (nSPS) is 12.6. The summed E-state index contributed by atoms with van der Waals surface area (Å²) in [7, 11) is 0. The number of fused-ring (bicyclic) bond motifs is 1. The monoisotopic (exact) mass is 689 g/mol. The molecule has 1 aliphatic rings. The molecule has 0 spiro atoms. The van der Waals surface area contributed by atoms with Gasteiger partial charge in [0.1, 0.15) is 11.2 Å². The summed E-state index contributed by atoms with van der Waals surface area (Å²) >= 11 is 0. The lowest BCUT2D eigenvalue weighted by atomic mass is 10.1. The number of nitrogens with one attached hydrogen (secondary N) is 1. The Morgan fingerprint density at radius 1 is 0.843 bits per heavy atom. The smallest absolute Gasteiger partial charge is 0.435 e. The van der Waals surface area contributed by atoms with E-state index in [0.717, 1.165) is 15.8 Å². The lowest BCUT2D eigenvalue weighted by Crippen LogP contribution is -2.35. The lowest BCUT2D eigenvalue weighted by molar-refractivity contribution is 0.0513. The van der Waals surface area contributed by atoms with Crippen molar-refractivity contribution in [1.82, 2.24) is 24.7 Å². The van der Waals surface area contributed by atoms with Gasteiger partial charge >= 0.3 is 12.2 Å². The van der Waals surface area contributed by atoms with Crippen molar-refractivity contribution < 1.29 is 28.6 Å². The Bertz CT molecular complexity index is 2110. The number of aromatic nitrogens is 5. The van der Waals surface area contributed by atoms with Crippen LogP contribution in [0.4, 0.5) is 26.8 Å². The largest absolute Gasteiger partial charge is 0.443 e. The Morgan fingerprint density at radius 3 is 2.29 bits per heavy atom. The molecule has 0 radical (unpaired) electrons. The summed E-state index contributed by atoms with van der Waals surface area (Å²) in [5.74, 6) is 0.346. The summed E-state index contributed by atoms with van der Waals surface area (Å²) in [6.45, 7) is 13.0. The van der Waals surface area contributed by atoms with Crippen LogP contribution in [0.15, 0.2) is 79.4 Å². The fraction of sp³-hybridized carbons (Fsp3) is 0.289. The maximum absolute atomic E-state index is 14.0. The van der Waals surface area contributed by atoms with Gasteiger partial charge in [-0.1, -0.05) is 24.3 Å². The van der Waals surface area contributed by atoms with Crippen LogP contribution < -0.4 is 10.2 Å². The summed E-state index contributed by atoms with van der Waals surface area (Å²) in [5.41, 5.74) is 4.21. The lowest BCUT2D eigenvalue weighted by Gasteiger charge is -2.28. The Hall–Kier alpha value is -5.95. The topological polar surface area (TPSA) is 151 Å². The standard InChI is InChI=1S/C38H39N7O6/c1-23-15-26(18-39-17-23)34(46)41-28-10-8-9-25(16-28)32-42-31-22-49-21-30(31)33(43-32)45(36(48)51-38(5,6)7)29-13-11-24(12-14-29)27-19-40-44(20-27)35(47)50-37(2,3)4/h8-20H,21-22H2,1-7H3,(H,41,46). The molecule has 0 saturated heterocycles. The first kappa shape index (κ1) is 34.9. The first-order valence-corrected chi connectivity index (χ1v) is 16.4. The number of hydrogen-bond acceptors (Lipinski definition) is 10. The van der Waals surface area contributed by atoms with Gasteiger partial charge in [-0.25, -0.2) is 24.5 Å². The number of anilines is 3. The molecule has 13 nitrogen and oxygen atoms in total. The number of benzene rings is 2. The molecule has 13 heteroatoms. The number of carbonyl (C=O) groups is 3. The van der Waals surface area contributed by atoms with E-state index in [1.807, 2.05) is 25.1 Å². The molecule has 5 aromatic rings. The zero-order valence-corrected chi connectivity index (χ0v) is 29.6. The molecule has 6 rings (SSSR count). The van der Waals surface area contributed by atoms with Gasteiger partial charge in [-0.3, -0.25) is 9.78 Å². The molecule has 0 fully saturated rings. The Labute approximate surface area is 295 Å². The third-order valence-corrected chi connectivity index (χ3v) is 7.48. The third-order valence-electron chi connectivity index (χ3n) is 7.48. The van der Waals surface area contributed by atoms with E-state index in [1.54, 1.807) is 96.5 Å². The molecule has 2 aromatic carbocycles. The van der Waals surface area contributed by atoms with E-state index in [2.05, 4.69) is 15.4 Å². The van der Waals surface area contributed by atoms with Crippen molar-refractivity contribution in [2.24, 2.45) is 0 Å². The number of rotatable bonds is 6. The minimum absolute atomic E-state index is 0.201. The molecular formula is C38H39N7O6. The summed E-state index contributed by atoms with van der Waals surface area (Å²) < 4.78 is 18.2. The minimum atomic E-state index is -0.805. The highest BCUT2D eigenvalue weighted by atomic mass is 16.6. The SMILES string of the molecule is Cc1cncc(C(=O)Nc2cccc(-c3nc4c(c(N(C(=O)OC(C)(C)C)c5ccc(-c6cnn(C(=O)OC(C)(C)C)c6)cc5)n3)COC4)c2)c1. The molecule has 0 saturated carbocycles. The zero-order valence-electron chi connectivity index (χ0n) is 29.6. The van der Waals surface area contributed by atoms with E-state index in [9.17, 15) is 14.4 Å². The van der Waals surface area contributed by atoms with Crippen molar-refractivity contribution in [3.05, 3.63) is 102 Å². The number of aryl methyl sites for hydroxylation is 1. The van der Waals surface area contributed by atoms with Crippen LogP contribution in [0.5, 0.6) is 0 Å². The molecule has 0 aliphatic carbocycles. The van der Waals surface area contributed by atoms with Gasteiger partial charge in [0.25, 0.3) is 5.91 Å². The van der Waals surface area contributed by atoms with Crippen LogP contribution in [0, 0.1) is 6.92 Å². The quantitative estimate of drug-likeness (QED) is 0.187. The van der Waals surface area contributed by atoms with E-state index in [-0.39, 0.29) is 19.1 Å². The number of pyridine rings is 1. The van der Waals surface area contributed by atoms with Gasteiger partial charge in [0.2, 0.25) is 0 Å². The second-order valence-electron chi connectivity index (χ2n) is 14.1. The van der Waals surface area contributed by atoms with Crippen LogP contribution in [-0.4, -0.2) is 54.0 Å². The highest BCUT2D eigenvalue weighted by molar-refractivity contribution is 6.04. The Morgan fingerprint density at radius 2 is 1.59 bits per heavy atom. The summed E-state index contributed by atoms with van der Waals surface area (Å²) in [6, 6.07) is 16.1. The predicted octanol–water partition coefficient (Wildman–Crippen LogP) is 7.85. The van der Waals surface area contributed by atoms with Gasteiger partial charge in [0.15, 0.2) is 11.6 Å². The van der Waals surface area contributed by atoms with Crippen LogP contribution in [0.2, 0.25) is 0 Å². The molecule has 1 aliphatic heterocycles. The first-order valence-electron chi connectivity index (χ1n) is 16.4. The van der Waals surface area contributed by atoms with Crippen LogP contribution >= 0.6 is 0 Å². The van der Waals surface area contributed by atoms with E-state index in [0.29, 0.717) is 51.0 Å². The van der Waals surface area contributed by atoms with E-state index in [1.165, 1.54) is 11.1 Å². The number of carbonyl (C=O) groups excluding carboxylic acids is 3. The van der Waals surface area contributed by atoms with Gasteiger partial charge in [0, 0.05) is 41.0 Å². The maximum Gasteiger partial charge on any atom is 0.435 e. The average Bonchev–Trinajstić information content (AvgIpc) is 3.75. The van der Waals surface area contributed by atoms with Gasteiger partial charge in [-0.05, 0) is 89.9 Å². The van der Waals surface area contributed by atoms with Crippen molar-refractivity contribution in [2.75, 3.05) is 10.2 Å². The number of ether oxygens (including phenoxy) is 3. The molecule has 51 heavy (non-hydrogen) atoms. The third kappa shape index (κ3) is 8.27. The summed E-state index contributed by atoms with van der Waals surface area (Å²) in [5, 5.41) is 7.09. The van der Waals surface area contributed by atoms with Gasteiger partial charge in [0.05, 0.1) is 36.4 Å². The van der Waals surface area contributed by atoms with E-state index < -0.39 is 23.4 Å². The highest BCUT2D eigenvalue weighted by Crippen LogP contribution is 2.36. The average molecular weight is 690 g/mol. The molecule has 262 valence electrons. The second-order valence-corrected chi connectivity index (χ2v) is 14.1. The number of amides is 2. The molecule has 1 N–H and O–H groups in total. The van der Waals surface area contributed by atoms with Crippen molar-refractivity contribution in [3.63, 3.8) is 0 Å². The van der Waals surface area contributed by atoms with E-state index in [4.69, 9.17) is 24.2 Å². The van der Waals surface area contributed by atoms with Crippen LogP contribution in [0.3, 0.4) is 0 Å². The van der Waals surface area contributed by atoms with E-state index >= 15 is 0 Å². The molecule has 3 aromatic heterocycles. The van der Waals surface area contributed by atoms with Crippen LogP contribution in [-0.2, 0) is 27.4 Å². The van der Waals surface area contributed by atoms with Crippen molar-refractivity contribution >= 4 is 35.3 Å². The molecule has 4 heterocycles. The molecule has 2 amide bonds. The fourth-order valence-electron chi connectivity index (χ4n) is 5.27. The number of hydrogen-bond donors (Lipinski definition) is 1. The predicted molar refractivity (Wildman–Crippen MR) is 191 cm³/mol. The maximum atomic E-state index is 14.0. The Balaban J connectivity index is 1.35. The second kappa shape index (κ2) is 13.8. The van der Waals surface area contributed by atoms with Crippen molar-refractivity contribution in [3.8, 4) is 22.5 Å². The molecule has 0 unspecified atom stereocenters. The summed E-state index contributed by atoms with van der Waals surface area (Å²) in [6.07, 6.45) is 5.12.